The van der Waals surface area contributed by atoms with E-state index in [-0.39, 0.29) is 11.1 Å². The molecule has 6 aromatic carbocycles. The summed E-state index contributed by atoms with van der Waals surface area (Å²) in [6, 6.07) is 43.2. The Labute approximate surface area is 281 Å². The molecule has 3 heterocycles. The maximum Gasteiger partial charge on any atom is 0.266 e. The molecule has 0 unspecified atom stereocenters. The molecule has 0 saturated carbocycles. The molecule has 232 valence electrons. The quantitative estimate of drug-likeness (QED) is 0.108. The molecule has 0 aliphatic carbocycles. The normalized spacial score (nSPS) is 12.5. The Kier molecular flexibility index (Phi) is 6.46. The number of benzene rings is 6. The molecule has 0 saturated heterocycles. The van der Waals surface area contributed by atoms with E-state index in [1.165, 1.54) is 4.40 Å². The zero-order valence-corrected chi connectivity index (χ0v) is 26.9. The minimum Gasteiger partial charge on any atom is -0.309 e. The molecule has 9 rings (SSSR count). The largest absolute Gasteiger partial charge is 0.309 e. The van der Waals surface area contributed by atoms with Crippen molar-refractivity contribution in [3.8, 4) is 16.8 Å². The van der Waals surface area contributed by atoms with E-state index in [2.05, 4.69) is 90.0 Å². The van der Waals surface area contributed by atoms with Gasteiger partial charge in [0.2, 0.25) is 0 Å². The average Bonchev–Trinajstić information content (AvgIpc) is 3.47. The first-order valence-corrected chi connectivity index (χ1v) is 16.4. The lowest BCUT2D eigenvalue weighted by Crippen LogP contribution is -2.27. The number of hydrogen-bond donors (Lipinski definition) is 0. The molecule has 0 amide bonds. The highest BCUT2D eigenvalue weighted by Gasteiger charge is 2.21. The third kappa shape index (κ3) is 4.24. The highest BCUT2D eigenvalue weighted by atomic mass is 16.2. The third-order valence-electron chi connectivity index (χ3n) is 9.73. The highest BCUT2D eigenvalue weighted by molar-refractivity contribution is 6.19. The predicted octanol–water partition coefficient (Wildman–Crippen LogP) is 10.5. The Balaban J connectivity index is 1.45. The van der Waals surface area contributed by atoms with Crippen molar-refractivity contribution in [3.05, 3.63) is 185 Å². The first kappa shape index (κ1) is 28.7. The van der Waals surface area contributed by atoms with E-state index in [4.69, 9.17) is 0 Å². The first-order chi connectivity index (χ1) is 24.1. The number of hydrogen-bond acceptors (Lipinski definition) is 2. The van der Waals surface area contributed by atoms with Gasteiger partial charge < -0.3 is 4.57 Å². The summed E-state index contributed by atoms with van der Waals surface area (Å²) in [5, 5.41) is 6.69. The third-order valence-corrected chi connectivity index (χ3v) is 9.73. The summed E-state index contributed by atoms with van der Waals surface area (Å²) in [6.07, 6.45) is 8.01. The number of aromatic nitrogens is 2. The van der Waals surface area contributed by atoms with Crippen molar-refractivity contribution in [2.24, 2.45) is 0 Å². The Morgan fingerprint density at radius 2 is 1.14 bits per heavy atom. The van der Waals surface area contributed by atoms with Crippen LogP contribution >= 0.6 is 0 Å². The van der Waals surface area contributed by atoms with Gasteiger partial charge in [-0.2, -0.15) is 0 Å². The summed E-state index contributed by atoms with van der Waals surface area (Å²) in [6.45, 7) is 5.97. The summed E-state index contributed by atoms with van der Waals surface area (Å²) >= 11 is 0. The van der Waals surface area contributed by atoms with E-state index in [0.717, 1.165) is 71.3 Å². The van der Waals surface area contributed by atoms with Crippen LogP contribution in [0.4, 0.5) is 0 Å². The number of rotatable bonds is 5. The number of fused-ring (bicyclic) bond motifs is 7. The molecule has 0 radical (unpaired) electrons. The van der Waals surface area contributed by atoms with Crippen molar-refractivity contribution in [2.45, 2.75) is 6.92 Å². The number of allylic oxidation sites excluding steroid dienone is 5. The van der Waals surface area contributed by atoms with Crippen LogP contribution in [0.2, 0.25) is 0 Å². The van der Waals surface area contributed by atoms with Crippen LogP contribution < -0.4 is 11.1 Å². The minimum absolute atomic E-state index is 0.293. The fraction of sp³-hybridized carbons (Fsp3) is 0.0222. The van der Waals surface area contributed by atoms with Gasteiger partial charge in [-0.25, -0.2) is 4.40 Å². The van der Waals surface area contributed by atoms with Crippen LogP contribution in [0.1, 0.15) is 12.5 Å². The van der Waals surface area contributed by atoms with E-state index in [1.54, 1.807) is 0 Å². The lowest BCUT2D eigenvalue weighted by molar-refractivity contribution is 1.09. The topological polar surface area (TPSA) is 43.5 Å². The molecule has 9 aromatic rings. The first-order valence-electron chi connectivity index (χ1n) is 16.4. The summed E-state index contributed by atoms with van der Waals surface area (Å²) in [5.74, 6) is 0. The van der Waals surface area contributed by atoms with Crippen LogP contribution in [0.5, 0.6) is 0 Å². The van der Waals surface area contributed by atoms with Gasteiger partial charge in [-0.05, 0) is 88.5 Å². The lowest BCUT2D eigenvalue weighted by Gasteiger charge is -2.16. The van der Waals surface area contributed by atoms with E-state index >= 15 is 0 Å². The molecule has 4 heteroatoms. The van der Waals surface area contributed by atoms with Gasteiger partial charge in [0.15, 0.2) is 0 Å². The van der Waals surface area contributed by atoms with Crippen molar-refractivity contribution < 1.29 is 0 Å². The van der Waals surface area contributed by atoms with Gasteiger partial charge in [-0.1, -0.05) is 110 Å². The summed E-state index contributed by atoms with van der Waals surface area (Å²) in [7, 11) is 0. The molecule has 0 atom stereocenters. The van der Waals surface area contributed by atoms with Crippen LogP contribution in [0.3, 0.4) is 0 Å². The van der Waals surface area contributed by atoms with Gasteiger partial charge in [0, 0.05) is 38.0 Å². The van der Waals surface area contributed by atoms with Crippen LogP contribution in [0.25, 0.3) is 82.0 Å². The molecule has 3 aromatic heterocycles. The Morgan fingerprint density at radius 3 is 1.76 bits per heavy atom. The zero-order chi connectivity index (χ0) is 33.2. The smallest absolute Gasteiger partial charge is 0.266 e. The summed E-state index contributed by atoms with van der Waals surface area (Å²) < 4.78 is 3.69. The van der Waals surface area contributed by atoms with Crippen LogP contribution in [-0.4, -0.2) is 8.97 Å². The molecular weight excluding hydrogens is 601 g/mol. The second-order valence-electron chi connectivity index (χ2n) is 12.4. The Bertz CT molecular complexity index is 2890. The van der Waals surface area contributed by atoms with E-state index < -0.39 is 0 Å². The standard InChI is InChI=1S/C45H30N2O2/c1-3-12-28(13-4-2)30-20-22-41-37(24-30)38-25-31(29-14-6-5-7-15-29)21-23-42(38)46(41)32-26-39-33-16-8-10-18-35(33)44(48)47-43(39)40(27-32)34-17-9-11-19-36(34)45(47)49/h3-27H,1H2,2H3/b13-4-,28-12+. The Morgan fingerprint density at radius 1 is 0.571 bits per heavy atom. The molecular formula is C45H30N2O2. The van der Waals surface area contributed by atoms with E-state index in [0.29, 0.717) is 16.3 Å². The summed E-state index contributed by atoms with van der Waals surface area (Å²) in [5.41, 5.74) is 7.63. The fourth-order valence-electron chi connectivity index (χ4n) is 7.59. The highest BCUT2D eigenvalue weighted by Crippen LogP contribution is 2.39. The van der Waals surface area contributed by atoms with Gasteiger partial charge in [0.25, 0.3) is 11.1 Å². The van der Waals surface area contributed by atoms with Crippen molar-refractivity contribution in [3.63, 3.8) is 0 Å². The van der Waals surface area contributed by atoms with Crippen LogP contribution in [0, 0.1) is 0 Å². The molecule has 0 fully saturated rings. The molecule has 0 bridgehead atoms. The lowest BCUT2D eigenvalue weighted by atomic mass is 9.98. The SMILES string of the molecule is C=C/C=C(\C=C/C)c1ccc2c(c1)c1cc(-c3ccccc3)ccc1n2-c1cc2c3ccccc3c(=O)n3c(=O)c4ccccc4c(c1)c23. The molecule has 0 aliphatic heterocycles. The second kappa shape index (κ2) is 11.0. The molecule has 0 aliphatic rings. The van der Waals surface area contributed by atoms with Crippen LogP contribution in [-0.2, 0) is 0 Å². The van der Waals surface area contributed by atoms with Crippen molar-refractivity contribution in [1.29, 1.82) is 0 Å². The van der Waals surface area contributed by atoms with Crippen molar-refractivity contribution in [1.82, 2.24) is 8.97 Å². The number of pyridine rings is 2. The minimum atomic E-state index is -0.293. The monoisotopic (exact) mass is 630 g/mol. The van der Waals surface area contributed by atoms with Crippen molar-refractivity contribution in [2.75, 3.05) is 0 Å². The molecule has 0 spiro atoms. The van der Waals surface area contributed by atoms with Crippen LogP contribution in [0.15, 0.2) is 168 Å². The molecule has 0 N–H and O–H groups in total. The maximum absolute atomic E-state index is 13.9. The molecule has 49 heavy (non-hydrogen) atoms. The van der Waals surface area contributed by atoms with E-state index in [9.17, 15) is 9.59 Å². The van der Waals surface area contributed by atoms with E-state index in [1.807, 2.05) is 79.7 Å². The van der Waals surface area contributed by atoms with Gasteiger partial charge in [0.05, 0.1) is 16.6 Å². The molecule has 4 nitrogen and oxygen atoms in total. The average molecular weight is 631 g/mol. The van der Waals surface area contributed by atoms with Gasteiger partial charge in [-0.15, -0.1) is 0 Å². The second-order valence-corrected chi connectivity index (χ2v) is 12.4. The van der Waals surface area contributed by atoms with Gasteiger partial charge >= 0.3 is 0 Å². The zero-order valence-electron chi connectivity index (χ0n) is 26.9. The Hall–Kier alpha value is -6.52. The predicted molar refractivity (Wildman–Crippen MR) is 206 cm³/mol. The van der Waals surface area contributed by atoms with Crippen molar-refractivity contribution >= 4 is 65.2 Å². The summed E-state index contributed by atoms with van der Waals surface area (Å²) in [4.78, 5) is 27.8. The van der Waals surface area contributed by atoms with Gasteiger partial charge in [-0.3, -0.25) is 9.59 Å². The fourth-order valence-corrected chi connectivity index (χ4v) is 7.59. The number of nitrogens with zero attached hydrogens (tertiary/aromatic N) is 2. The maximum atomic E-state index is 13.9. The van der Waals surface area contributed by atoms with Gasteiger partial charge in [0.1, 0.15) is 0 Å².